The van der Waals surface area contributed by atoms with Crippen molar-refractivity contribution in [2.45, 2.75) is 147 Å². The van der Waals surface area contributed by atoms with Gasteiger partial charge in [-0.15, -0.1) is 0 Å². The molecule has 0 saturated heterocycles. The summed E-state index contributed by atoms with van der Waals surface area (Å²) in [6, 6.07) is -1.58. The highest BCUT2D eigenvalue weighted by Gasteiger charge is 2.39. The Morgan fingerprint density at radius 1 is 0.814 bits per heavy atom. The average Bonchev–Trinajstić information content (AvgIpc) is 3.47. The van der Waals surface area contributed by atoms with E-state index in [-0.39, 0.29) is 31.0 Å². The lowest BCUT2D eigenvalue weighted by Crippen LogP contribution is -2.34. The smallest absolute Gasteiger partial charge is 0.472 e. The first-order chi connectivity index (χ1) is 28.3. The van der Waals surface area contributed by atoms with E-state index in [2.05, 4.69) is 67.0 Å². The summed E-state index contributed by atoms with van der Waals surface area (Å²) in [6.07, 6.45) is 32.1. The van der Waals surface area contributed by atoms with Crippen molar-refractivity contribution in [3.63, 3.8) is 0 Å². The van der Waals surface area contributed by atoms with Gasteiger partial charge in [-0.1, -0.05) is 106 Å². The lowest BCUT2D eigenvalue weighted by atomic mass is 9.90. The summed E-state index contributed by atoms with van der Waals surface area (Å²) < 4.78 is 32.6. The number of allylic oxidation sites excluding steroid dienone is 11. The van der Waals surface area contributed by atoms with E-state index in [0.717, 1.165) is 57.8 Å². The largest absolute Gasteiger partial charge is 0.480 e. The van der Waals surface area contributed by atoms with Crippen molar-refractivity contribution in [1.82, 2.24) is 0 Å². The molecular weight excluding hydrogens is 781 g/mol. The van der Waals surface area contributed by atoms with Gasteiger partial charge in [0, 0.05) is 31.1 Å². The molecule has 0 aromatic rings. The van der Waals surface area contributed by atoms with Crippen LogP contribution in [0, 0.1) is 11.8 Å². The molecule has 334 valence electrons. The molecule has 0 amide bonds. The van der Waals surface area contributed by atoms with E-state index in [1.165, 1.54) is 0 Å². The molecule has 0 spiro atoms. The molecule has 1 aliphatic carbocycles. The van der Waals surface area contributed by atoms with Crippen molar-refractivity contribution in [1.29, 1.82) is 0 Å². The van der Waals surface area contributed by atoms with Crippen LogP contribution in [0.4, 0.5) is 0 Å². The highest BCUT2D eigenvalue weighted by Crippen LogP contribution is 2.43. The van der Waals surface area contributed by atoms with Crippen LogP contribution < -0.4 is 5.73 Å². The van der Waals surface area contributed by atoms with Gasteiger partial charge in [0.05, 0.1) is 25.4 Å². The number of aliphatic hydroxyl groups is 2. The van der Waals surface area contributed by atoms with Crippen LogP contribution in [0.15, 0.2) is 72.9 Å². The van der Waals surface area contributed by atoms with Gasteiger partial charge in [-0.05, 0) is 70.6 Å². The minimum Gasteiger partial charge on any atom is -0.480 e. The molecule has 0 bridgehead atoms. The number of esters is 2. The number of phosphoric ester groups is 1. The molecule has 0 radical (unpaired) electrons. The number of aliphatic carboxylic acids is 1. The van der Waals surface area contributed by atoms with Crippen LogP contribution in [-0.4, -0.2) is 88.1 Å². The van der Waals surface area contributed by atoms with E-state index < -0.39 is 75.8 Å². The normalized spacial score (nSPS) is 20.1. The summed E-state index contributed by atoms with van der Waals surface area (Å²) >= 11 is 0. The summed E-state index contributed by atoms with van der Waals surface area (Å²) in [5, 5.41) is 29.6. The molecular formula is C44H70NO13P. The molecule has 1 aliphatic rings. The minimum atomic E-state index is -4.80. The van der Waals surface area contributed by atoms with E-state index in [4.69, 9.17) is 24.8 Å². The van der Waals surface area contributed by atoms with Crippen LogP contribution in [0.25, 0.3) is 0 Å². The third-order valence-electron chi connectivity index (χ3n) is 9.32. The maximum absolute atomic E-state index is 12.7. The van der Waals surface area contributed by atoms with Crippen LogP contribution in [0.3, 0.4) is 0 Å². The second-order valence-electron chi connectivity index (χ2n) is 14.5. The molecule has 7 atom stereocenters. The number of Topliss-reactive ketones (excluding diaryl/α,β-unsaturated/α-hetero) is 1. The molecule has 59 heavy (non-hydrogen) atoms. The van der Waals surface area contributed by atoms with E-state index in [0.29, 0.717) is 32.1 Å². The number of ether oxygens (including phenoxy) is 2. The number of carboxylic acid groups (broad SMARTS) is 1. The number of rotatable bonds is 34. The third-order valence-corrected chi connectivity index (χ3v) is 10.3. The fourth-order valence-corrected chi connectivity index (χ4v) is 6.70. The predicted molar refractivity (Wildman–Crippen MR) is 227 cm³/mol. The standard InChI is InChI=1S/C44H70NO13P/c1-3-5-7-8-9-10-11-12-13-14-15-16-17-18-23-27-42(49)55-32-36(33-56-59(53,54)57-34-39(45)44(51)52)58-43(50)28-24-20-19-22-26-37-38(41(48)31-40(37)47)30-29-35(46)25-21-6-4-2/h5,7,9-10,12-13,15-16,19,22,29-30,35-40,46-47H,3-4,6,8,11,14,17-18,20-21,23-28,31-34,45H2,1-2H3,(H,51,52)(H,53,54)/b7-5-,10-9-,13-12-,16-15-,22-19-,30-29+/t35-,36+,37+,38+,39-,40-/m0/s1. The molecule has 1 rings (SSSR count). The molecule has 6 N–H and O–H groups in total. The van der Waals surface area contributed by atoms with Gasteiger partial charge < -0.3 is 35.4 Å². The SMILES string of the molecule is CC/C=C\C/C=C\C/C=C\C/C=C\CCCCC(=O)OC[C@H](COP(=O)(O)OC[C@H](N)C(=O)O)OC(=O)CCC/C=C\C[C@H]1[C@@H](O)CC(=O)[C@@H]1/C=C/[C@@H](O)CCCCC. The average molecular weight is 852 g/mol. The van der Waals surface area contributed by atoms with Crippen LogP contribution in [0.5, 0.6) is 0 Å². The van der Waals surface area contributed by atoms with Gasteiger partial charge in [0.25, 0.3) is 0 Å². The Hall–Kier alpha value is -3.49. The first-order valence-corrected chi connectivity index (χ1v) is 22.6. The number of unbranched alkanes of at least 4 members (excludes halogenated alkanes) is 5. The highest BCUT2D eigenvalue weighted by molar-refractivity contribution is 7.47. The van der Waals surface area contributed by atoms with Crippen molar-refractivity contribution >= 4 is 31.5 Å². The Morgan fingerprint density at radius 2 is 1.42 bits per heavy atom. The van der Waals surface area contributed by atoms with Gasteiger partial charge in [-0.3, -0.25) is 28.2 Å². The van der Waals surface area contributed by atoms with E-state index in [1.807, 2.05) is 12.2 Å². The number of carbonyl (C=O) groups excluding carboxylic acids is 3. The molecule has 0 aromatic heterocycles. The zero-order valence-electron chi connectivity index (χ0n) is 35.0. The Morgan fingerprint density at radius 3 is 2.08 bits per heavy atom. The van der Waals surface area contributed by atoms with Crippen molar-refractivity contribution in [3.8, 4) is 0 Å². The topological polar surface area (TPSA) is 229 Å². The van der Waals surface area contributed by atoms with Crippen molar-refractivity contribution in [3.05, 3.63) is 72.9 Å². The third kappa shape index (κ3) is 27.8. The van der Waals surface area contributed by atoms with E-state index in [1.54, 1.807) is 12.2 Å². The number of carbonyl (C=O) groups is 4. The molecule has 14 nitrogen and oxygen atoms in total. The van der Waals surface area contributed by atoms with E-state index in [9.17, 15) is 38.8 Å². The summed E-state index contributed by atoms with van der Waals surface area (Å²) in [7, 11) is -4.80. The number of aliphatic hydroxyl groups excluding tert-OH is 2. The van der Waals surface area contributed by atoms with Gasteiger partial charge in [0.2, 0.25) is 0 Å². The van der Waals surface area contributed by atoms with Crippen LogP contribution in [0.2, 0.25) is 0 Å². The first kappa shape index (κ1) is 53.5. The van der Waals surface area contributed by atoms with Crippen LogP contribution in [0.1, 0.15) is 123 Å². The maximum atomic E-state index is 12.7. The number of carboxylic acids is 1. The van der Waals surface area contributed by atoms with Crippen LogP contribution >= 0.6 is 7.82 Å². The summed E-state index contributed by atoms with van der Waals surface area (Å²) in [5.74, 6) is -3.54. The number of ketones is 1. The Labute approximate surface area is 350 Å². The molecule has 15 heteroatoms. The lowest BCUT2D eigenvalue weighted by molar-refractivity contribution is -0.161. The van der Waals surface area contributed by atoms with Gasteiger partial charge in [0.15, 0.2) is 6.10 Å². The number of hydrogen-bond donors (Lipinski definition) is 5. The molecule has 1 saturated carbocycles. The summed E-state index contributed by atoms with van der Waals surface area (Å²) in [4.78, 5) is 58.6. The number of phosphoric acid groups is 1. The monoisotopic (exact) mass is 851 g/mol. The second kappa shape index (κ2) is 33.3. The lowest BCUT2D eigenvalue weighted by Gasteiger charge is -2.20. The van der Waals surface area contributed by atoms with Crippen molar-refractivity contribution in [2.24, 2.45) is 17.6 Å². The summed E-state index contributed by atoms with van der Waals surface area (Å²) in [5.41, 5.74) is 5.32. The van der Waals surface area contributed by atoms with Gasteiger partial charge in [0.1, 0.15) is 18.4 Å². The maximum Gasteiger partial charge on any atom is 0.472 e. The van der Waals surface area contributed by atoms with Crippen molar-refractivity contribution in [2.75, 3.05) is 19.8 Å². The first-order valence-electron chi connectivity index (χ1n) is 21.1. The molecule has 0 aliphatic heterocycles. The molecule has 0 aromatic carbocycles. The Kier molecular flexibility index (Phi) is 30.2. The van der Waals surface area contributed by atoms with Crippen molar-refractivity contribution < 1.29 is 62.5 Å². The Bertz CT molecular complexity index is 1440. The zero-order valence-corrected chi connectivity index (χ0v) is 35.9. The summed E-state index contributed by atoms with van der Waals surface area (Å²) in [6.45, 7) is 2.24. The predicted octanol–water partition coefficient (Wildman–Crippen LogP) is 7.53. The highest BCUT2D eigenvalue weighted by atomic mass is 31.2. The number of hydrogen-bond acceptors (Lipinski definition) is 12. The zero-order chi connectivity index (χ0) is 43.7. The molecule has 0 heterocycles. The molecule has 1 fully saturated rings. The fraction of sp³-hybridized carbons (Fsp3) is 0.636. The molecule has 1 unspecified atom stereocenters. The van der Waals surface area contributed by atoms with Gasteiger partial charge in [-0.2, -0.15) is 0 Å². The quantitative estimate of drug-likeness (QED) is 0.0182. The second-order valence-corrected chi connectivity index (χ2v) is 16.0. The fourth-order valence-electron chi connectivity index (χ4n) is 5.92. The Balaban J connectivity index is 2.57. The van der Waals surface area contributed by atoms with Gasteiger partial charge in [-0.25, -0.2) is 4.57 Å². The van der Waals surface area contributed by atoms with E-state index >= 15 is 0 Å². The van der Waals surface area contributed by atoms with Gasteiger partial charge >= 0.3 is 25.7 Å². The number of nitrogens with two attached hydrogens (primary N) is 1. The minimum absolute atomic E-state index is 0.0430. The van der Waals surface area contributed by atoms with Crippen LogP contribution in [-0.2, 0) is 42.3 Å².